The fourth-order valence-electron chi connectivity index (χ4n) is 7.05. The second-order valence-corrected chi connectivity index (χ2v) is 12.2. The molecule has 0 radical (unpaired) electrons. The molecule has 4 aromatic rings. The van der Waals surface area contributed by atoms with Gasteiger partial charge in [0, 0.05) is 62.7 Å². The summed E-state index contributed by atoms with van der Waals surface area (Å²) in [6.07, 6.45) is 4.86. The van der Waals surface area contributed by atoms with Crippen LogP contribution in [0.15, 0.2) is 71.4 Å². The Morgan fingerprint density at radius 2 is 1.69 bits per heavy atom. The van der Waals surface area contributed by atoms with Crippen molar-refractivity contribution in [2.45, 2.75) is 51.4 Å². The van der Waals surface area contributed by atoms with Gasteiger partial charge in [0.15, 0.2) is 5.76 Å². The highest BCUT2D eigenvalue weighted by molar-refractivity contribution is 5.95. The predicted molar refractivity (Wildman–Crippen MR) is 180 cm³/mol. The summed E-state index contributed by atoms with van der Waals surface area (Å²) in [6.45, 7) is 6.12. The number of benzene rings is 2. The van der Waals surface area contributed by atoms with Gasteiger partial charge < -0.3 is 33.9 Å². The number of H-pyrrole nitrogens is 1. The quantitative estimate of drug-likeness (QED) is 0.204. The van der Waals surface area contributed by atoms with Gasteiger partial charge >= 0.3 is 5.69 Å². The van der Waals surface area contributed by atoms with E-state index in [0.29, 0.717) is 58.8 Å². The minimum atomic E-state index is -0.722. The molecule has 12 heteroatoms. The average molecular weight is 661 g/mol. The Morgan fingerprint density at radius 1 is 0.979 bits per heavy atom. The maximum Gasteiger partial charge on any atom is 0.326 e. The number of allylic oxidation sites excluding steroid dienone is 1. The van der Waals surface area contributed by atoms with E-state index < -0.39 is 6.29 Å². The molecule has 256 valence electrons. The molecule has 2 aromatic heterocycles. The Morgan fingerprint density at radius 3 is 2.42 bits per heavy atom. The predicted octanol–water partition coefficient (Wildman–Crippen LogP) is 4.20. The number of hydrogen-bond acceptors (Lipinski definition) is 8. The number of fused-ring (bicyclic) bond motifs is 2. The molecule has 0 aliphatic carbocycles. The maximum absolute atomic E-state index is 14.1. The van der Waals surface area contributed by atoms with Crippen LogP contribution in [0.5, 0.6) is 0 Å². The van der Waals surface area contributed by atoms with Gasteiger partial charge in [-0.1, -0.05) is 30.3 Å². The Labute approximate surface area is 278 Å². The molecule has 12 nitrogen and oxygen atoms in total. The van der Waals surface area contributed by atoms with Gasteiger partial charge in [-0.05, 0) is 56.0 Å². The summed E-state index contributed by atoms with van der Waals surface area (Å²) in [5, 5.41) is 9.87. The fourth-order valence-corrected chi connectivity index (χ4v) is 7.05. The molecule has 0 spiro atoms. The molecule has 2 N–H and O–H groups in total. The minimum absolute atomic E-state index is 0.0287. The topological polar surface area (TPSA) is 137 Å². The first-order valence-electron chi connectivity index (χ1n) is 16.8. The largest absolute Gasteiger partial charge is 0.459 e. The number of carbonyl (C=O) groups excluding carboxylic acids is 2. The SMILES string of the molecule is CCO[C@H]1OC(C(=O)N2CCC(n3c(=O)[nH]c4ccccc43)CC2)=C[C@@H](c2cn(C(C)=O)c3ccccc23)[C@H]1CCOCCOCCO. The van der Waals surface area contributed by atoms with E-state index in [1.165, 1.54) is 6.92 Å². The van der Waals surface area contributed by atoms with E-state index in [4.69, 9.17) is 24.1 Å². The summed E-state index contributed by atoms with van der Waals surface area (Å²) in [7, 11) is 0. The van der Waals surface area contributed by atoms with E-state index in [2.05, 4.69) is 4.98 Å². The Kier molecular flexibility index (Phi) is 10.8. The molecule has 1 saturated heterocycles. The van der Waals surface area contributed by atoms with Gasteiger partial charge in [0.25, 0.3) is 5.91 Å². The molecule has 1 amide bonds. The zero-order valence-corrected chi connectivity index (χ0v) is 27.5. The summed E-state index contributed by atoms with van der Waals surface area (Å²) in [5.41, 5.74) is 3.24. The van der Waals surface area contributed by atoms with Crippen molar-refractivity contribution < 1.29 is 33.6 Å². The lowest BCUT2D eigenvalue weighted by Gasteiger charge is -2.39. The normalized spacial score (nSPS) is 20.3. The van der Waals surface area contributed by atoms with Crippen molar-refractivity contribution in [3.8, 4) is 0 Å². The molecule has 0 saturated carbocycles. The van der Waals surface area contributed by atoms with E-state index in [1.807, 2.05) is 72.3 Å². The van der Waals surface area contributed by atoms with Crippen molar-refractivity contribution >= 4 is 33.8 Å². The van der Waals surface area contributed by atoms with E-state index in [1.54, 1.807) is 9.47 Å². The van der Waals surface area contributed by atoms with E-state index >= 15 is 0 Å². The number of imidazole rings is 1. The van der Waals surface area contributed by atoms with Gasteiger partial charge in [-0.3, -0.25) is 18.7 Å². The Balaban J connectivity index is 1.26. The monoisotopic (exact) mass is 660 g/mol. The number of nitrogens with zero attached hydrogens (tertiary/aromatic N) is 3. The molecule has 2 aliphatic heterocycles. The highest BCUT2D eigenvalue weighted by Gasteiger charge is 2.41. The fraction of sp³-hybridized carbons (Fsp3) is 0.472. The number of likely N-dealkylation sites (tertiary alicyclic amines) is 1. The zero-order valence-electron chi connectivity index (χ0n) is 27.5. The number of piperidine rings is 1. The van der Waals surface area contributed by atoms with Gasteiger partial charge in [0.2, 0.25) is 12.2 Å². The molecule has 2 aliphatic rings. The van der Waals surface area contributed by atoms with Crippen LogP contribution in [-0.2, 0) is 23.7 Å². The third kappa shape index (κ3) is 6.98. The third-order valence-corrected chi connectivity index (χ3v) is 9.31. The molecule has 6 rings (SSSR count). The summed E-state index contributed by atoms with van der Waals surface area (Å²) in [6, 6.07) is 15.4. The smallest absolute Gasteiger partial charge is 0.326 e. The van der Waals surface area contributed by atoms with Gasteiger partial charge in [0.05, 0.1) is 43.0 Å². The van der Waals surface area contributed by atoms with Crippen LogP contribution < -0.4 is 5.69 Å². The second-order valence-electron chi connectivity index (χ2n) is 12.2. The van der Waals surface area contributed by atoms with E-state index in [0.717, 1.165) is 27.5 Å². The molecule has 1 fully saturated rings. The van der Waals surface area contributed by atoms with Crippen LogP contribution in [-0.4, -0.2) is 95.0 Å². The number of carbonyl (C=O) groups is 2. The standard InChI is InChI=1S/C36H44N4O8/c1-3-47-35-27(14-18-45-20-21-46-19-17-41)28(29-23-39(24(2)42)31-10-6-4-8-26(29)31)22-33(48-35)34(43)38-15-12-25(13-16-38)40-32-11-7-5-9-30(32)37-36(40)44/h4-11,22-23,25,27-28,35,41H,3,12-21H2,1-2H3,(H,37,44)/t27-,28-,35+/m1/s1. The second kappa shape index (κ2) is 15.3. The number of rotatable bonds is 13. The van der Waals surface area contributed by atoms with Crippen LogP contribution >= 0.6 is 0 Å². The highest BCUT2D eigenvalue weighted by Crippen LogP contribution is 2.42. The summed E-state index contributed by atoms with van der Waals surface area (Å²) < 4.78 is 27.2. The number of nitrogens with one attached hydrogen (secondary N) is 1. The first kappa shape index (κ1) is 33.7. The van der Waals surface area contributed by atoms with E-state index in [9.17, 15) is 14.4 Å². The first-order chi connectivity index (χ1) is 23.4. The molecule has 3 atom stereocenters. The van der Waals surface area contributed by atoms with Gasteiger partial charge in [-0.15, -0.1) is 0 Å². The van der Waals surface area contributed by atoms with Crippen LogP contribution in [0.2, 0.25) is 0 Å². The zero-order chi connectivity index (χ0) is 33.6. The Bertz CT molecular complexity index is 1820. The van der Waals surface area contributed by atoms with E-state index in [-0.39, 0.29) is 54.4 Å². The van der Waals surface area contributed by atoms with Gasteiger partial charge in [0.1, 0.15) is 0 Å². The van der Waals surface area contributed by atoms with Crippen LogP contribution in [0.25, 0.3) is 21.9 Å². The molecule has 48 heavy (non-hydrogen) atoms. The summed E-state index contributed by atoms with van der Waals surface area (Å²) in [4.78, 5) is 44.3. The van der Waals surface area contributed by atoms with Gasteiger partial charge in [-0.2, -0.15) is 0 Å². The molecule has 4 heterocycles. The van der Waals surface area contributed by atoms with Crippen LogP contribution in [0.4, 0.5) is 0 Å². The number of aromatic nitrogens is 3. The molecular weight excluding hydrogens is 616 g/mol. The highest BCUT2D eigenvalue weighted by atomic mass is 16.7. The average Bonchev–Trinajstić information content (AvgIpc) is 3.65. The number of hydrogen-bond donors (Lipinski definition) is 2. The van der Waals surface area contributed by atoms with Crippen molar-refractivity contribution in [1.82, 2.24) is 19.0 Å². The van der Waals surface area contributed by atoms with Crippen molar-refractivity contribution in [2.75, 3.05) is 52.7 Å². The lowest BCUT2D eigenvalue weighted by molar-refractivity contribution is -0.172. The Hall–Kier alpha value is -4.23. The summed E-state index contributed by atoms with van der Waals surface area (Å²) >= 11 is 0. The van der Waals surface area contributed by atoms with Crippen molar-refractivity contribution in [3.63, 3.8) is 0 Å². The molecule has 0 unspecified atom stereocenters. The lowest BCUT2D eigenvalue weighted by atomic mass is 9.81. The van der Waals surface area contributed by atoms with Crippen molar-refractivity contribution in [1.29, 1.82) is 0 Å². The molecule has 2 aromatic carbocycles. The molecular formula is C36H44N4O8. The van der Waals surface area contributed by atoms with Crippen molar-refractivity contribution in [2.24, 2.45) is 5.92 Å². The number of ether oxygens (including phenoxy) is 4. The van der Waals surface area contributed by atoms with Crippen LogP contribution in [0.1, 0.15) is 55.4 Å². The number of aromatic amines is 1. The number of aliphatic hydroxyl groups is 1. The van der Waals surface area contributed by atoms with Crippen molar-refractivity contribution in [3.05, 3.63) is 82.6 Å². The third-order valence-electron chi connectivity index (χ3n) is 9.31. The lowest BCUT2D eigenvalue weighted by Crippen LogP contribution is -2.44. The summed E-state index contributed by atoms with van der Waals surface area (Å²) in [5.74, 6) is -0.635. The number of para-hydroxylation sites is 3. The van der Waals surface area contributed by atoms with Crippen LogP contribution in [0.3, 0.4) is 0 Å². The molecule has 0 bridgehead atoms. The first-order valence-corrected chi connectivity index (χ1v) is 16.8. The number of aliphatic hydroxyl groups excluding tert-OH is 1. The van der Waals surface area contributed by atoms with Gasteiger partial charge in [-0.25, -0.2) is 4.79 Å². The maximum atomic E-state index is 14.1. The van der Waals surface area contributed by atoms with Crippen LogP contribution in [0, 0.1) is 5.92 Å². The minimum Gasteiger partial charge on any atom is -0.459 e. The number of amides is 1.